The van der Waals surface area contributed by atoms with Crippen molar-refractivity contribution < 1.29 is 23.8 Å². The summed E-state index contributed by atoms with van der Waals surface area (Å²) in [5, 5.41) is 8.88. The summed E-state index contributed by atoms with van der Waals surface area (Å²) >= 11 is 0. The molecule has 0 radical (unpaired) electrons. The predicted molar refractivity (Wildman–Crippen MR) is 70.7 cm³/mol. The summed E-state index contributed by atoms with van der Waals surface area (Å²) in [6.45, 7) is -0.0761. The van der Waals surface area contributed by atoms with E-state index in [-0.39, 0.29) is 17.7 Å². The summed E-state index contributed by atoms with van der Waals surface area (Å²) in [4.78, 5) is 10.9. The van der Waals surface area contributed by atoms with E-state index in [9.17, 15) is 9.18 Å². The quantitative estimate of drug-likeness (QED) is 0.911. The Balaban J connectivity index is 2.18. The monoisotopic (exact) mass is 276 g/mol. The van der Waals surface area contributed by atoms with Gasteiger partial charge in [-0.15, -0.1) is 0 Å². The number of methoxy groups -OCH3 is 1. The van der Waals surface area contributed by atoms with E-state index in [0.717, 1.165) is 6.07 Å². The van der Waals surface area contributed by atoms with Crippen LogP contribution in [0.25, 0.3) is 0 Å². The van der Waals surface area contributed by atoms with Gasteiger partial charge in [-0.25, -0.2) is 9.18 Å². The Kier molecular flexibility index (Phi) is 4.20. The molecule has 0 amide bonds. The number of carbonyl (C=O) groups is 1. The summed E-state index contributed by atoms with van der Waals surface area (Å²) in [6.07, 6.45) is 0. The van der Waals surface area contributed by atoms with Crippen LogP contribution in [-0.4, -0.2) is 18.2 Å². The third-order valence-electron chi connectivity index (χ3n) is 2.74. The topological polar surface area (TPSA) is 55.8 Å². The molecule has 2 aromatic rings. The maximum absolute atomic E-state index is 13.6. The molecule has 0 heterocycles. The molecule has 0 aliphatic heterocycles. The number of rotatable bonds is 5. The van der Waals surface area contributed by atoms with Crippen molar-refractivity contribution in [2.75, 3.05) is 7.11 Å². The van der Waals surface area contributed by atoms with Gasteiger partial charge in [-0.2, -0.15) is 0 Å². The van der Waals surface area contributed by atoms with Crippen LogP contribution in [0.5, 0.6) is 11.5 Å². The van der Waals surface area contributed by atoms with Crippen LogP contribution in [0.15, 0.2) is 42.5 Å². The van der Waals surface area contributed by atoms with Crippen molar-refractivity contribution in [1.29, 1.82) is 0 Å². The molecule has 104 valence electrons. The first kappa shape index (κ1) is 13.9. The van der Waals surface area contributed by atoms with Crippen LogP contribution in [0, 0.1) is 5.82 Å². The van der Waals surface area contributed by atoms with Gasteiger partial charge >= 0.3 is 5.97 Å². The molecular formula is C15H13FO4. The van der Waals surface area contributed by atoms with Gasteiger partial charge in [0.05, 0.1) is 12.7 Å². The second-order valence-electron chi connectivity index (χ2n) is 4.05. The van der Waals surface area contributed by atoms with Gasteiger partial charge < -0.3 is 14.6 Å². The van der Waals surface area contributed by atoms with E-state index in [4.69, 9.17) is 14.6 Å². The minimum Gasteiger partial charge on any atom is -0.493 e. The second-order valence-corrected chi connectivity index (χ2v) is 4.05. The average Bonchev–Trinajstić information content (AvgIpc) is 2.46. The lowest BCUT2D eigenvalue weighted by Gasteiger charge is -2.11. The van der Waals surface area contributed by atoms with Gasteiger partial charge in [-0.05, 0) is 30.3 Å². The number of para-hydroxylation sites is 2. The van der Waals surface area contributed by atoms with Gasteiger partial charge in [-0.3, -0.25) is 0 Å². The molecule has 2 rings (SSSR count). The van der Waals surface area contributed by atoms with E-state index in [1.54, 1.807) is 24.3 Å². The number of aromatic carboxylic acids is 1. The lowest BCUT2D eigenvalue weighted by molar-refractivity contribution is 0.0696. The number of halogens is 1. The lowest BCUT2D eigenvalue weighted by atomic mass is 10.1. The molecule has 0 saturated heterocycles. The van der Waals surface area contributed by atoms with E-state index >= 15 is 0 Å². The normalized spacial score (nSPS) is 10.1. The molecule has 0 aromatic heterocycles. The van der Waals surface area contributed by atoms with Crippen LogP contribution in [0.4, 0.5) is 4.39 Å². The molecule has 2 aromatic carbocycles. The highest BCUT2D eigenvalue weighted by atomic mass is 19.1. The minimum absolute atomic E-state index is 0.0185. The van der Waals surface area contributed by atoms with Gasteiger partial charge in [0.15, 0.2) is 11.5 Å². The van der Waals surface area contributed by atoms with Crippen LogP contribution < -0.4 is 9.47 Å². The lowest BCUT2D eigenvalue weighted by Crippen LogP contribution is -2.03. The van der Waals surface area contributed by atoms with Crippen LogP contribution in [-0.2, 0) is 6.61 Å². The fourth-order valence-corrected chi connectivity index (χ4v) is 1.71. The molecule has 0 spiro atoms. The number of hydrogen-bond donors (Lipinski definition) is 1. The smallest absolute Gasteiger partial charge is 0.335 e. The first-order chi connectivity index (χ1) is 9.61. The number of carboxylic acids is 1. The largest absolute Gasteiger partial charge is 0.493 e. The number of ether oxygens (including phenoxy) is 2. The first-order valence-electron chi connectivity index (χ1n) is 5.89. The zero-order valence-electron chi connectivity index (χ0n) is 10.8. The van der Waals surface area contributed by atoms with Gasteiger partial charge in [0.25, 0.3) is 0 Å². The van der Waals surface area contributed by atoms with Crippen molar-refractivity contribution in [3.8, 4) is 11.5 Å². The zero-order valence-corrected chi connectivity index (χ0v) is 10.8. The summed E-state index contributed by atoms with van der Waals surface area (Å²) in [7, 11) is 1.51. The summed E-state index contributed by atoms with van der Waals surface area (Å²) in [5.74, 6) is -0.620. The Morgan fingerprint density at radius 2 is 1.90 bits per heavy atom. The third kappa shape index (κ3) is 3.06. The minimum atomic E-state index is -1.11. The Bertz CT molecular complexity index is 625. The van der Waals surface area contributed by atoms with Crippen molar-refractivity contribution in [2.45, 2.75) is 6.61 Å². The number of carboxylic acid groups (broad SMARTS) is 1. The number of hydrogen-bond acceptors (Lipinski definition) is 3. The van der Waals surface area contributed by atoms with Gasteiger partial charge in [0, 0.05) is 5.56 Å². The van der Waals surface area contributed by atoms with Gasteiger partial charge in [0.1, 0.15) is 12.4 Å². The summed E-state index contributed by atoms with van der Waals surface area (Å²) < 4.78 is 24.2. The van der Waals surface area contributed by atoms with Crippen molar-refractivity contribution in [1.82, 2.24) is 0 Å². The molecule has 5 heteroatoms. The zero-order chi connectivity index (χ0) is 14.5. The van der Waals surface area contributed by atoms with E-state index in [0.29, 0.717) is 11.5 Å². The third-order valence-corrected chi connectivity index (χ3v) is 2.74. The van der Waals surface area contributed by atoms with Crippen LogP contribution in [0.1, 0.15) is 15.9 Å². The fourth-order valence-electron chi connectivity index (χ4n) is 1.71. The summed E-state index contributed by atoms with van der Waals surface area (Å²) in [5.41, 5.74) is 0.195. The van der Waals surface area contributed by atoms with Gasteiger partial charge in [0.2, 0.25) is 0 Å². The molecule has 0 fully saturated rings. The Morgan fingerprint density at radius 3 is 2.55 bits per heavy atom. The standard InChI is InChI=1S/C15H13FO4/c1-19-13-4-2-3-5-14(13)20-9-11-8-10(15(17)18)6-7-12(11)16/h2-8H,9H2,1H3,(H,17,18). The van der Waals surface area contributed by atoms with Crippen LogP contribution in [0.2, 0.25) is 0 Å². The van der Waals surface area contributed by atoms with Crippen molar-refractivity contribution >= 4 is 5.97 Å². The van der Waals surface area contributed by atoms with Gasteiger partial charge in [-0.1, -0.05) is 12.1 Å². The van der Waals surface area contributed by atoms with Crippen LogP contribution in [0.3, 0.4) is 0 Å². The fraction of sp³-hybridized carbons (Fsp3) is 0.133. The van der Waals surface area contributed by atoms with E-state index in [1.807, 2.05) is 0 Å². The Hall–Kier alpha value is -2.56. The first-order valence-corrected chi connectivity index (χ1v) is 5.89. The predicted octanol–water partition coefficient (Wildman–Crippen LogP) is 3.11. The maximum atomic E-state index is 13.6. The molecule has 20 heavy (non-hydrogen) atoms. The molecule has 0 unspecified atom stereocenters. The molecular weight excluding hydrogens is 263 g/mol. The van der Waals surface area contributed by atoms with Crippen molar-refractivity contribution in [2.24, 2.45) is 0 Å². The second kappa shape index (κ2) is 6.06. The summed E-state index contributed by atoms with van der Waals surface area (Å²) in [6, 6.07) is 10.6. The van der Waals surface area contributed by atoms with Crippen LogP contribution >= 0.6 is 0 Å². The molecule has 1 N–H and O–H groups in total. The van der Waals surface area contributed by atoms with Crippen molar-refractivity contribution in [3.05, 3.63) is 59.4 Å². The Morgan fingerprint density at radius 1 is 1.20 bits per heavy atom. The van der Waals surface area contributed by atoms with E-state index < -0.39 is 11.8 Å². The highest BCUT2D eigenvalue weighted by Gasteiger charge is 2.10. The Labute approximate surface area is 115 Å². The number of benzene rings is 2. The van der Waals surface area contributed by atoms with E-state index in [2.05, 4.69) is 0 Å². The molecule has 0 atom stereocenters. The molecule has 0 saturated carbocycles. The average molecular weight is 276 g/mol. The highest BCUT2D eigenvalue weighted by molar-refractivity contribution is 5.87. The van der Waals surface area contributed by atoms with Crippen molar-refractivity contribution in [3.63, 3.8) is 0 Å². The van der Waals surface area contributed by atoms with E-state index in [1.165, 1.54) is 19.2 Å². The molecule has 0 bridgehead atoms. The highest BCUT2D eigenvalue weighted by Crippen LogP contribution is 2.27. The molecule has 4 nitrogen and oxygen atoms in total. The molecule has 0 aliphatic rings. The molecule has 0 aliphatic carbocycles. The SMILES string of the molecule is COc1ccccc1OCc1cc(C(=O)O)ccc1F. The maximum Gasteiger partial charge on any atom is 0.335 e.